The van der Waals surface area contributed by atoms with Crippen LogP contribution in [-0.2, 0) is 11.0 Å². The molecule has 0 atom stereocenters. The number of benzene rings is 1. The largest absolute Gasteiger partial charge is 0.472 e. The molecule has 0 spiro atoms. The minimum Gasteiger partial charge on any atom is -0.472 e. The minimum absolute atomic E-state index is 0.0809. The number of rotatable bonds is 5. The van der Waals surface area contributed by atoms with Gasteiger partial charge in [-0.2, -0.15) is 13.2 Å². The molecule has 0 saturated carbocycles. The molecule has 2 aromatic heterocycles. The molecule has 4 rings (SSSR count). The Morgan fingerprint density at radius 2 is 1.56 bits per heavy atom. The SMILES string of the molecule is O=C(Nc1ccc(NC(=O)C2CCN(C(=O)c3ccoc3)CC2)c(C(F)(F)F)c1)c1ccoc1. The van der Waals surface area contributed by atoms with Crippen molar-refractivity contribution in [3.63, 3.8) is 0 Å². The lowest BCUT2D eigenvalue weighted by molar-refractivity contribution is -0.137. The summed E-state index contributed by atoms with van der Waals surface area (Å²) in [6.07, 6.45) is 1.03. The highest BCUT2D eigenvalue weighted by molar-refractivity contribution is 6.04. The molecular formula is C23H20F3N3O5. The van der Waals surface area contributed by atoms with Gasteiger partial charge < -0.3 is 24.4 Å². The number of furan rings is 2. The van der Waals surface area contributed by atoms with Crippen LogP contribution >= 0.6 is 0 Å². The monoisotopic (exact) mass is 475 g/mol. The molecule has 8 nitrogen and oxygen atoms in total. The summed E-state index contributed by atoms with van der Waals surface area (Å²) >= 11 is 0. The molecule has 1 aliphatic rings. The number of likely N-dealkylation sites (tertiary alicyclic amines) is 1. The molecule has 3 heterocycles. The van der Waals surface area contributed by atoms with Crippen molar-refractivity contribution in [2.75, 3.05) is 23.7 Å². The number of halogens is 3. The van der Waals surface area contributed by atoms with Gasteiger partial charge in [0, 0.05) is 24.7 Å². The van der Waals surface area contributed by atoms with Crippen molar-refractivity contribution in [1.29, 1.82) is 0 Å². The predicted molar refractivity (Wildman–Crippen MR) is 114 cm³/mol. The van der Waals surface area contributed by atoms with Crippen LogP contribution in [0.1, 0.15) is 39.1 Å². The van der Waals surface area contributed by atoms with Gasteiger partial charge >= 0.3 is 6.18 Å². The molecule has 1 saturated heterocycles. The van der Waals surface area contributed by atoms with Crippen LogP contribution in [-0.4, -0.2) is 35.7 Å². The van der Waals surface area contributed by atoms with Crippen LogP contribution in [0.25, 0.3) is 0 Å². The Bertz CT molecular complexity index is 1170. The summed E-state index contributed by atoms with van der Waals surface area (Å²) in [7, 11) is 0. The first-order valence-electron chi connectivity index (χ1n) is 10.4. The summed E-state index contributed by atoms with van der Waals surface area (Å²) in [5.74, 6) is -1.96. The van der Waals surface area contributed by atoms with Crippen LogP contribution in [0.2, 0.25) is 0 Å². The first-order valence-corrected chi connectivity index (χ1v) is 10.4. The zero-order chi connectivity index (χ0) is 24.3. The molecule has 34 heavy (non-hydrogen) atoms. The number of alkyl halides is 3. The standard InChI is InChI=1S/C23H20F3N3O5/c24-23(25,26)18-11-17(27-21(31)15-5-9-33-12-15)1-2-19(18)28-20(30)14-3-7-29(8-4-14)22(32)16-6-10-34-13-16/h1-2,5-6,9-14H,3-4,7-8H2,(H,27,31)(H,28,30). The lowest BCUT2D eigenvalue weighted by Crippen LogP contribution is -2.41. The third-order valence-electron chi connectivity index (χ3n) is 5.55. The van der Waals surface area contributed by atoms with E-state index in [0.29, 0.717) is 31.5 Å². The van der Waals surface area contributed by atoms with Gasteiger partial charge in [0.15, 0.2) is 0 Å². The minimum atomic E-state index is -4.76. The Hall–Kier alpha value is -4.02. The fourth-order valence-electron chi connectivity index (χ4n) is 3.71. The average Bonchev–Trinajstić information content (AvgIpc) is 3.53. The van der Waals surface area contributed by atoms with Crippen LogP contribution < -0.4 is 10.6 Å². The van der Waals surface area contributed by atoms with Gasteiger partial charge in [-0.3, -0.25) is 14.4 Å². The normalized spacial score (nSPS) is 14.6. The highest BCUT2D eigenvalue weighted by Gasteiger charge is 2.35. The van der Waals surface area contributed by atoms with E-state index in [1.807, 2.05) is 0 Å². The van der Waals surface area contributed by atoms with Crippen molar-refractivity contribution in [2.45, 2.75) is 19.0 Å². The Morgan fingerprint density at radius 1 is 0.912 bits per heavy atom. The predicted octanol–water partition coefficient (Wildman–Crippen LogP) is 4.63. The highest BCUT2D eigenvalue weighted by Crippen LogP contribution is 2.37. The molecular weight excluding hydrogens is 455 g/mol. The molecule has 3 aromatic rings. The van der Waals surface area contributed by atoms with Gasteiger partial charge in [-0.15, -0.1) is 0 Å². The van der Waals surface area contributed by atoms with Crippen molar-refractivity contribution in [3.05, 3.63) is 72.1 Å². The summed E-state index contributed by atoms with van der Waals surface area (Å²) in [6, 6.07) is 6.06. The van der Waals surface area contributed by atoms with Crippen LogP contribution in [0.3, 0.4) is 0 Å². The Balaban J connectivity index is 1.42. The lowest BCUT2D eigenvalue weighted by atomic mass is 9.95. The molecule has 0 bridgehead atoms. The molecule has 0 radical (unpaired) electrons. The van der Waals surface area contributed by atoms with E-state index in [-0.39, 0.29) is 17.2 Å². The molecule has 1 fully saturated rings. The summed E-state index contributed by atoms with van der Waals surface area (Å²) in [5, 5.41) is 4.73. The highest BCUT2D eigenvalue weighted by atomic mass is 19.4. The molecule has 3 amide bonds. The maximum absolute atomic E-state index is 13.7. The number of amides is 3. The van der Waals surface area contributed by atoms with Gasteiger partial charge in [0.25, 0.3) is 11.8 Å². The second kappa shape index (κ2) is 9.46. The zero-order valence-electron chi connectivity index (χ0n) is 17.7. The summed E-state index contributed by atoms with van der Waals surface area (Å²) in [6.45, 7) is 0.598. The zero-order valence-corrected chi connectivity index (χ0v) is 17.7. The third kappa shape index (κ3) is 5.13. The van der Waals surface area contributed by atoms with Crippen LogP contribution in [0.5, 0.6) is 0 Å². The van der Waals surface area contributed by atoms with Crippen molar-refractivity contribution in [3.8, 4) is 0 Å². The molecule has 178 valence electrons. The third-order valence-corrected chi connectivity index (χ3v) is 5.55. The van der Waals surface area contributed by atoms with E-state index in [1.165, 1.54) is 37.2 Å². The fourth-order valence-corrected chi connectivity index (χ4v) is 3.71. The average molecular weight is 475 g/mol. The quantitative estimate of drug-likeness (QED) is 0.560. The molecule has 0 aliphatic carbocycles. The van der Waals surface area contributed by atoms with Crippen molar-refractivity contribution >= 4 is 29.1 Å². The van der Waals surface area contributed by atoms with E-state index in [4.69, 9.17) is 8.83 Å². The second-order valence-corrected chi connectivity index (χ2v) is 7.79. The second-order valence-electron chi connectivity index (χ2n) is 7.79. The van der Waals surface area contributed by atoms with Crippen LogP contribution in [0, 0.1) is 5.92 Å². The van der Waals surface area contributed by atoms with E-state index in [9.17, 15) is 27.6 Å². The Morgan fingerprint density at radius 3 is 2.15 bits per heavy atom. The summed E-state index contributed by atoms with van der Waals surface area (Å²) in [5.41, 5.74) is -1.02. The molecule has 0 unspecified atom stereocenters. The van der Waals surface area contributed by atoms with Crippen LogP contribution in [0.4, 0.5) is 24.5 Å². The summed E-state index contributed by atoms with van der Waals surface area (Å²) in [4.78, 5) is 38.7. The van der Waals surface area contributed by atoms with Gasteiger partial charge in [-0.1, -0.05) is 0 Å². The fraction of sp³-hybridized carbons (Fsp3) is 0.261. The number of piperidine rings is 1. The number of nitrogens with one attached hydrogen (secondary N) is 2. The summed E-state index contributed by atoms with van der Waals surface area (Å²) < 4.78 is 50.7. The molecule has 1 aliphatic heterocycles. The van der Waals surface area contributed by atoms with E-state index in [0.717, 1.165) is 12.1 Å². The van der Waals surface area contributed by atoms with Gasteiger partial charge in [-0.25, -0.2) is 0 Å². The first kappa shape index (κ1) is 23.1. The number of hydrogen-bond acceptors (Lipinski definition) is 5. The lowest BCUT2D eigenvalue weighted by Gasteiger charge is -2.31. The van der Waals surface area contributed by atoms with Crippen LogP contribution in [0.15, 0.2) is 64.2 Å². The van der Waals surface area contributed by atoms with E-state index in [1.54, 1.807) is 11.0 Å². The van der Waals surface area contributed by atoms with Gasteiger partial charge in [0.05, 0.1) is 34.9 Å². The van der Waals surface area contributed by atoms with E-state index in [2.05, 4.69) is 10.6 Å². The van der Waals surface area contributed by atoms with E-state index >= 15 is 0 Å². The van der Waals surface area contributed by atoms with Gasteiger partial charge in [0.2, 0.25) is 5.91 Å². The van der Waals surface area contributed by atoms with Crippen molar-refractivity contribution in [1.82, 2.24) is 4.90 Å². The van der Waals surface area contributed by atoms with Gasteiger partial charge in [0.1, 0.15) is 12.5 Å². The smallest absolute Gasteiger partial charge is 0.418 e. The van der Waals surface area contributed by atoms with Crippen molar-refractivity contribution in [2.24, 2.45) is 5.92 Å². The topological polar surface area (TPSA) is 105 Å². The molecule has 11 heteroatoms. The Labute approximate surface area is 191 Å². The maximum Gasteiger partial charge on any atom is 0.418 e. The number of anilines is 2. The van der Waals surface area contributed by atoms with Gasteiger partial charge in [-0.05, 0) is 43.2 Å². The number of carbonyl (C=O) groups excluding carboxylic acids is 3. The number of nitrogens with zero attached hydrogens (tertiary/aromatic N) is 1. The molecule has 1 aromatic carbocycles. The van der Waals surface area contributed by atoms with E-state index < -0.39 is 35.2 Å². The number of carbonyl (C=O) groups is 3. The van der Waals surface area contributed by atoms with Crippen molar-refractivity contribution < 1.29 is 36.4 Å². The Kier molecular flexibility index (Phi) is 6.44. The maximum atomic E-state index is 13.7. The number of hydrogen-bond donors (Lipinski definition) is 2. The molecule has 2 N–H and O–H groups in total. The first-order chi connectivity index (χ1) is 16.2.